The molecule has 0 atom stereocenters. The minimum Gasteiger partial charge on any atom is -0.314 e. The molecule has 1 amide bonds. The molecule has 0 unspecified atom stereocenters. The van der Waals surface area contributed by atoms with Gasteiger partial charge in [-0.3, -0.25) is 9.78 Å². The molecule has 2 heterocycles. The number of hydrogen-bond donors (Lipinski definition) is 0. The van der Waals surface area contributed by atoms with Gasteiger partial charge in [-0.05, 0) is 23.7 Å². The van der Waals surface area contributed by atoms with E-state index in [0.717, 1.165) is 5.69 Å². The summed E-state index contributed by atoms with van der Waals surface area (Å²) in [5.74, 6) is -0.181. The van der Waals surface area contributed by atoms with Crippen molar-refractivity contribution in [1.29, 1.82) is 0 Å². The molecule has 0 radical (unpaired) electrons. The van der Waals surface area contributed by atoms with E-state index in [-0.39, 0.29) is 11.2 Å². The van der Waals surface area contributed by atoms with Crippen LogP contribution in [0.3, 0.4) is 0 Å². The lowest BCUT2D eigenvalue weighted by molar-refractivity contribution is 0.0985. The summed E-state index contributed by atoms with van der Waals surface area (Å²) in [6.07, 6.45) is 4.73. The van der Waals surface area contributed by atoms with E-state index in [1.165, 1.54) is 15.7 Å². The Hall–Kier alpha value is -1.88. The van der Waals surface area contributed by atoms with Crippen molar-refractivity contribution in [1.82, 2.24) is 14.5 Å². The van der Waals surface area contributed by atoms with Crippen LogP contribution in [0.15, 0.2) is 30.7 Å². The number of imidazole rings is 1. The molecule has 2 aromatic rings. The van der Waals surface area contributed by atoms with Crippen molar-refractivity contribution in [2.75, 3.05) is 11.9 Å². The summed E-state index contributed by atoms with van der Waals surface area (Å²) >= 11 is 5.79. The van der Waals surface area contributed by atoms with E-state index < -0.39 is 0 Å². The average Bonchev–Trinajstić information content (AvgIpc) is 2.69. The zero-order valence-electron chi connectivity index (χ0n) is 9.46. The molecule has 6 heteroatoms. The minimum absolute atomic E-state index is 0.181. The van der Waals surface area contributed by atoms with Crippen LogP contribution >= 0.6 is 11.6 Å². The maximum atomic E-state index is 12.2. The second-order valence-corrected chi connectivity index (χ2v) is 3.88. The standard InChI is InChI=1S/C11H11ClN4O/c1-15(8-4-3-5-13-6-8)10(17)9-7-14-11(12)16(9)2/h3-7H,1-2H3. The van der Waals surface area contributed by atoms with Gasteiger partial charge in [0.1, 0.15) is 5.69 Å². The third-order valence-electron chi connectivity index (χ3n) is 2.49. The molecule has 0 N–H and O–H groups in total. The lowest BCUT2D eigenvalue weighted by Gasteiger charge is -2.16. The number of rotatable bonds is 2. The molecule has 0 saturated heterocycles. The Bertz CT molecular complexity index is 538. The zero-order chi connectivity index (χ0) is 12.4. The van der Waals surface area contributed by atoms with Gasteiger partial charge in [0, 0.05) is 20.3 Å². The molecule has 2 aromatic heterocycles. The number of hydrogen-bond acceptors (Lipinski definition) is 3. The van der Waals surface area contributed by atoms with Gasteiger partial charge in [0.15, 0.2) is 0 Å². The van der Waals surface area contributed by atoms with Crippen LogP contribution in [0.25, 0.3) is 0 Å². The molecular formula is C11H11ClN4O. The van der Waals surface area contributed by atoms with Crippen molar-refractivity contribution in [3.8, 4) is 0 Å². The van der Waals surface area contributed by atoms with Gasteiger partial charge >= 0.3 is 0 Å². The number of carbonyl (C=O) groups is 1. The highest BCUT2D eigenvalue weighted by Crippen LogP contribution is 2.15. The van der Waals surface area contributed by atoms with Crippen LogP contribution in [0.5, 0.6) is 0 Å². The Morgan fingerprint density at radius 3 is 2.76 bits per heavy atom. The van der Waals surface area contributed by atoms with Gasteiger partial charge in [-0.2, -0.15) is 0 Å². The highest BCUT2D eigenvalue weighted by Gasteiger charge is 2.18. The predicted molar refractivity (Wildman–Crippen MR) is 65.2 cm³/mol. The zero-order valence-corrected chi connectivity index (χ0v) is 10.2. The lowest BCUT2D eigenvalue weighted by Crippen LogP contribution is -2.28. The van der Waals surface area contributed by atoms with E-state index in [0.29, 0.717) is 5.69 Å². The number of nitrogens with zero attached hydrogens (tertiary/aromatic N) is 4. The van der Waals surface area contributed by atoms with Crippen molar-refractivity contribution in [2.45, 2.75) is 0 Å². The monoisotopic (exact) mass is 250 g/mol. The number of anilines is 1. The van der Waals surface area contributed by atoms with Crippen molar-refractivity contribution < 1.29 is 4.79 Å². The molecular weight excluding hydrogens is 240 g/mol. The Morgan fingerprint density at radius 2 is 2.24 bits per heavy atom. The lowest BCUT2D eigenvalue weighted by atomic mass is 10.3. The van der Waals surface area contributed by atoms with E-state index in [1.807, 2.05) is 6.07 Å². The molecule has 0 bridgehead atoms. The second-order valence-electron chi connectivity index (χ2n) is 3.55. The second kappa shape index (κ2) is 4.55. The van der Waals surface area contributed by atoms with Gasteiger partial charge in [-0.1, -0.05) is 0 Å². The van der Waals surface area contributed by atoms with Gasteiger partial charge in [0.2, 0.25) is 5.28 Å². The molecule has 0 aliphatic rings. The molecule has 5 nitrogen and oxygen atoms in total. The molecule has 0 spiro atoms. The first-order valence-corrected chi connectivity index (χ1v) is 5.34. The Kier molecular flexibility index (Phi) is 3.10. The van der Waals surface area contributed by atoms with E-state index in [2.05, 4.69) is 9.97 Å². The Labute approximate surface area is 104 Å². The highest BCUT2D eigenvalue weighted by molar-refractivity contribution is 6.28. The SMILES string of the molecule is CN(C(=O)c1cnc(Cl)n1C)c1cccnc1. The van der Waals surface area contributed by atoms with Crippen LogP contribution in [0, 0.1) is 0 Å². The van der Waals surface area contributed by atoms with Crippen molar-refractivity contribution in [3.05, 3.63) is 41.7 Å². The maximum absolute atomic E-state index is 12.2. The van der Waals surface area contributed by atoms with E-state index >= 15 is 0 Å². The number of pyridine rings is 1. The number of halogens is 1. The Balaban J connectivity index is 2.30. The summed E-state index contributed by atoms with van der Waals surface area (Å²) < 4.78 is 1.54. The van der Waals surface area contributed by atoms with Gasteiger partial charge in [-0.25, -0.2) is 4.98 Å². The van der Waals surface area contributed by atoms with Crippen LogP contribution in [0.4, 0.5) is 5.69 Å². The minimum atomic E-state index is -0.181. The molecule has 0 fully saturated rings. The van der Waals surface area contributed by atoms with E-state index in [1.54, 1.807) is 32.6 Å². The maximum Gasteiger partial charge on any atom is 0.276 e. The first-order valence-electron chi connectivity index (χ1n) is 4.96. The van der Waals surface area contributed by atoms with Crippen molar-refractivity contribution in [3.63, 3.8) is 0 Å². The topological polar surface area (TPSA) is 51.0 Å². The number of amides is 1. The van der Waals surface area contributed by atoms with Crippen LogP contribution in [0.1, 0.15) is 10.5 Å². The van der Waals surface area contributed by atoms with Crippen LogP contribution in [0.2, 0.25) is 5.28 Å². The average molecular weight is 251 g/mol. The van der Waals surface area contributed by atoms with E-state index in [4.69, 9.17) is 11.6 Å². The molecule has 0 aliphatic heterocycles. The van der Waals surface area contributed by atoms with Gasteiger partial charge in [-0.15, -0.1) is 0 Å². The Morgan fingerprint density at radius 1 is 1.47 bits per heavy atom. The highest BCUT2D eigenvalue weighted by atomic mass is 35.5. The van der Waals surface area contributed by atoms with Crippen LogP contribution in [-0.4, -0.2) is 27.5 Å². The quantitative estimate of drug-likeness (QED) is 0.816. The summed E-state index contributed by atoms with van der Waals surface area (Å²) in [6, 6.07) is 3.58. The fraction of sp³-hybridized carbons (Fsp3) is 0.182. The smallest absolute Gasteiger partial charge is 0.276 e. The fourth-order valence-corrected chi connectivity index (χ4v) is 1.57. The number of carbonyl (C=O) groups excluding carboxylic acids is 1. The fourth-order valence-electron chi connectivity index (χ4n) is 1.43. The third kappa shape index (κ3) is 2.14. The first kappa shape index (κ1) is 11.6. The van der Waals surface area contributed by atoms with Crippen LogP contribution < -0.4 is 4.90 Å². The summed E-state index contributed by atoms with van der Waals surface area (Å²) in [6.45, 7) is 0. The third-order valence-corrected chi connectivity index (χ3v) is 2.84. The van der Waals surface area contributed by atoms with Gasteiger partial charge in [0.05, 0.1) is 18.1 Å². The summed E-state index contributed by atoms with van der Waals surface area (Å²) in [4.78, 5) is 21.5. The summed E-state index contributed by atoms with van der Waals surface area (Å²) in [5, 5.41) is 0.285. The summed E-state index contributed by atoms with van der Waals surface area (Å²) in [5.41, 5.74) is 1.15. The molecule has 88 valence electrons. The number of aromatic nitrogens is 3. The van der Waals surface area contributed by atoms with Crippen molar-refractivity contribution >= 4 is 23.2 Å². The molecule has 0 aliphatic carbocycles. The largest absolute Gasteiger partial charge is 0.314 e. The van der Waals surface area contributed by atoms with Gasteiger partial charge in [0.25, 0.3) is 5.91 Å². The molecule has 2 rings (SSSR count). The normalized spacial score (nSPS) is 10.3. The summed E-state index contributed by atoms with van der Waals surface area (Å²) in [7, 11) is 3.37. The first-order chi connectivity index (χ1) is 8.11. The van der Waals surface area contributed by atoms with E-state index in [9.17, 15) is 4.79 Å². The van der Waals surface area contributed by atoms with Crippen molar-refractivity contribution in [2.24, 2.45) is 7.05 Å². The molecule has 0 saturated carbocycles. The molecule has 0 aromatic carbocycles. The molecule has 17 heavy (non-hydrogen) atoms. The van der Waals surface area contributed by atoms with Crippen LogP contribution in [-0.2, 0) is 7.05 Å². The van der Waals surface area contributed by atoms with Gasteiger partial charge < -0.3 is 9.47 Å². The predicted octanol–water partition coefficient (Wildman–Crippen LogP) is 1.75.